The van der Waals surface area contributed by atoms with Gasteiger partial charge in [-0.25, -0.2) is 4.79 Å². The van der Waals surface area contributed by atoms with Gasteiger partial charge in [0.2, 0.25) is 0 Å². The van der Waals surface area contributed by atoms with E-state index < -0.39 is 0 Å². The van der Waals surface area contributed by atoms with Crippen molar-refractivity contribution in [2.75, 3.05) is 46.5 Å². The van der Waals surface area contributed by atoms with Crippen LogP contribution in [0.1, 0.15) is 5.56 Å². The number of piperazine rings is 1. The van der Waals surface area contributed by atoms with Gasteiger partial charge < -0.3 is 24.8 Å². The summed E-state index contributed by atoms with van der Waals surface area (Å²) in [6.45, 7) is 4.66. The number of ether oxygens (including phenoxy) is 3. The second-order valence-electron chi connectivity index (χ2n) is 8.65. The van der Waals surface area contributed by atoms with Crippen molar-refractivity contribution in [3.8, 4) is 39.5 Å². The molecule has 0 aromatic heterocycles. The first-order valence-corrected chi connectivity index (χ1v) is 12.0. The lowest BCUT2D eigenvalue weighted by atomic mass is 9.97. The molecule has 2 aliphatic rings. The maximum Gasteiger partial charge on any atom is 0.314 e. The lowest BCUT2D eigenvalue weighted by molar-refractivity contribution is 0.140. The summed E-state index contributed by atoms with van der Waals surface area (Å²) in [4.78, 5) is 15.4. The summed E-state index contributed by atoms with van der Waals surface area (Å²) in [6, 6.07) is 17.8. The van der Waals surface area contributed by atoms with Crippen molar-refractivity contribution in [1.82, 2.24) is 9.80 Å². The zero-order valence-corrected chi connectivity index (χ0v) is 20.4. The van der Waals surface area contributed by atoms with Crippen LogP contribution in [0.4, 0.5) is 4.79 Å². The number of methoxy groups -OCH3 is 1. The van der Waals surface area contributed by atoms with Crippen LogP contribution in [-0.2, 0) is 6.54 Å². The normalized spacial score (nSPS) is 15.7. The third kappa shape index (κ3) is 4.88. The van der Waals surface area contributed by atoms with Crippen LogP contribution in [0, 0.1) is 0 Å². The van der Waals surface area contributed by atoms with E-state index in [0.717, 1.165) is 64.7 Å². The number of nitrogens with zero attached hydrogens (tertiary/aromatic N) is 2. The maximum atomic E-state index is 11.4. The number of amides is 2. The summed E-state index contributed by atoms with van der Waals surface area (Å²) in [5.74, 6) is 2.29. The summed E-state index contributed by atoms with van der Waals surface area (Å²) in [6.07, 6.45) is 0. The van der Waals surface area contributed by atoms with Crippen LogP contribution in [0.2, 0.25) is 5.02 Å². The molecule has 0 aliphatic carbocycles. The molecule has 0 unspecified atom stereocenters. The topological polar surface area (TPSA) is 77.3 Å². The number of rotatable bonds is 5. The third-order valence-corrected chi connectivity index (χ3v) is 6.94. The van der Waals surface area contributed by atoms with Crippen LogP contribution < -0.4 is 19.9 Å². The van der Waals surface area contributed by atoms with Crippen LogP contribution in [0.15, 0.2) is 54.6 Å². The third-order valence-electron chi connectivity index (χ3n) is 6.53. The molecule has 5 rings (SSSR count). The Balaban J connectivity index is 1.39. The highest BCUT2D eigenvalue weighted by atomic mass is 35.5. The molecule has 1 saturated heterocycles. The van der Waals surface area contributed by atoms with Gasteiger partial charge in [0.05, 0.1) is 12.1 Å². The number of benzene rings is 3. The first kappa shape index (κ1) is 23.3. The predicted octanol–water partition coefficient (Wildman–Crippen LogP) is 4.65. The van der Waals surface area contributed by atoms with Crippen molar-refractivity contribution in [3.63, 3.8) is 0 Å². The van der Waals surface area contributed by atoms with Crippen LogP contribution in [-0.4, -0.2) is 62.3 Å². The number of hydrogen-bond acceptors (Lipinski definition) is 5. The Labute approximate surface area is 209 Å². The van der Waals surface area contributed by atoms with E-state index in [2.05, 4.69) is 17.0 Å². The van der Waals surface area contributed by atoms with Gasteiger partial charge in [0.25, 0.3) is 0 Å². The molecule has 182 valence electrons. The number of carbonyl (C=O) groups excluding carboxylic acids is 1. The van der Waals surface area contributed by atoms with E-state index in [-0.39, 0.29) is 6.03 Å². The molecule has 3 aromatic carbocycles. The van der Waals surface area contributed by atoms with E-state index in [1.165, 1.54) is 0 Å². The number of urea groups is 1. The first-order valence-electron chi connectivity index (χ1n) is 11.7. The molecule has 0 saturated carbocycles. The highest BCUT2D eigenvalue weighted by molar-refractivity contribution is 6.36. The molecule has 2 heterocycles. The average molecular weight is 494 g/mol. The zero-order chi connectivity index (χ0) is 24.4. The summed E-state index contributed by atoms with van der Waals surface area (Å²) < 4.78 is 17.1. The molecule has 0 radical (unpaired) electrons. The van der Waals surface area contributed by atoms with Gasteiger partial charge in [-0.05, 0) is 29.3 Å². The van der Waals surface area contributed by atoms with E-state index in [1.807, 2.05) is 42.5 Å². The van der Waals surface area contributed by atoms with E-state index in [1.54, 1.807) is 12.0 Å². The number of hydrogen-bond donors (Lipinski definition) is 1. The summed E-state index contributed by atoms with van der Waals surface area (Å²) in [7, 11) is 1.68. The molecule has 2 aliphatic heterocycles. The number of fused-ring (bicyclic) bond motifs is 1. The maximum absolute atomic E-state index is 11.4. The lowest BCUT2D eigenvalue weighted by Crippen LogP contribution is -2.50. The Morgan fingerprint density at radius 1 is 0.943 bits per heavy atom. The van der Waals surface area contributed by atoms with Crippen molar-refractivity contribution < 1.29 is 19.0 Å². The minimum absolute atomic E-state index is 0.359. The van der Waals surface area contributed by atoms with E-state index in [9.17, 15) is 4.79 Å². The average Bonchev–Trinajstić information content (AvgIpc) is 2.89. The Morgan fingerprint density at radius 2 is 1.60 bits per heavy atom. The van der Waals surface area contributed by atoms with Crippen molar-refractivity contribution >= 4 is 17.6 Å². The summed E-state index contributed by atoms with van der Waals surface area (Å²) >= 11 is 6.93. The van der Waals surface area contributed by atoms with E-state index in [0.29, 0.717) is 31.3 Å². The molecular formula is C27H28ClN3O4. The van der Waals surface area contributed by atoms with Crippen molar-refractivity contribution in [2.24, 2.45) is 5.73 Å². The highest BCUT2D eigenvalue weighted by Crippen LogP contribution is 2.41. The van der Waals surface area contributed by atoms with Gasteiger partial charge in [-0.15, -0.1) is 0 Å². The largest absolute Gasteiger partial charge is 0.496 e. The van der Waals surface area contributed by atoms with Crippen LogP contribution in [0.25, 0.3) is 22.3 Å². The minimum atomic E-state index is -0.359. The number of halogens is 1. The second-order valence-corrected chi connectivity index (χ2v) is 9.03. The highest BCUT2D eigenvalue weighted by Gasteiger charge is 2.21. The molecule has 8 heteroatoms. The fourth-order valence-electron chi connectivity index (χ4n) is 4.60. The molecule has 0 spiro atoms. The van der Waals surface area contributed by atoms with Crippen LogP contribution in [0.3, 0.4) is 0 Å². The van der Waals surface area contributed by atoms with Crippen molar-refractivity contribution in [1.29, 1.82) is 0 Å². The monoisotopic (exact) mass is 493 g/mol. The SMILES string of the molecule is COc1cc(-c2cccc(-c3ccc4c(c3)OCCO4)c2Cl)ccc1CN1CCN(C(N)=O)CC1. The number of carbonyl (C=O) groups is 1. The quantitative estimate of drug-likeness (QED) is 0.560. The van der Waals surface area contributed by atoms with Gasteiger partial charge in [-0.2, -0.15) is 0 Å². The Kier molecular flexibility index (Phi) is 6.70. The van der Waals surface area contributed by atoms with Gasteiger partial charge in [-0.3, -0.25) is 4.90 Å². The number of primary amides is 1. The molecule has 1 fully saturated rings. The Morgan fingerprint density at radius 3 is 2.29 bits per heavy atom. The van der Waals surface area contributed by atoms with Crippen LogP contribution >= 0.6 is 11.6 Å². The zero-order valence-electron chi connectivity index (χ0n) is 19.6. The second kappa shape index (κ2) is 10.1. The van der Waals surface area contributed by atoms with Gasteiger partial charge in [0, 0.05) is 49.4 Å². The summed E-state index contributed by atoms with van der Waals surface area (Å²) in [5, 5.41) is 0.668. The standard InChI is InChI=1S/C27H28ClN3O4/c1-33-24-15-18(5-6-20(24)17-30-9-11-31(12-10-30)27(29)32)21-3-2-4-22(26(21)28)19-7-8-23-25(16-19)35-14-13-34-23/h2-8,15-16H,9-14,17H2,1H3,(H2,29,32). The molecule has 2 N–H and O–H groups in total. The molecule has 3 aromatic rings. The van der Waals surface area contributed by atoms with Gasteiger partial charge in [0.1, 0.15) is 19.0 Å². The van der Waals surface area contributed by atoms with Crippen molar-refractivity contribution in [2.45, 2.75) is 6.54 Å². The molecule has 0 bridgehead atoms. The Hall–Kier alpha value is -3.42. The van der Waals surface area contributed by atoms with E-state index in [4.69, 9.17) is 31.5 Å². The van der Waals surface area contributed by atoms with Crippen LogP contribution in [0.5, 0.6) is 17.2 Å². The van der Waals surface area contributed by atoms with Crippen molar-refractivity contribution in [3.05, 3.63) is 65.2 Å². The smallest absolute Gasteiger partial charge is 0.314 e. The minimum Gasteiger partial charge on any atom is -0.496 e. The lowest BCUT2D eigenvalue weighted by Gasteiger charge is -2.34. The van der Waals surface area contributed by atoms with Gasteiger partial charge in [0.15, 0.2) is 11.5 Å². The first-order chi connectivity index (χ1) is 17.0. The molecule has 2 amide bonds. The molecule has 7 nitrogen and oxygen atoms in total. The fraction of sp³-hybridized carbons (Fsp3) is 0.296. The van der Waals surface area contributed by atoms with Gasteiger partial charge >= 0.3 is 6.03 Å². The Bertz CT molecular complexity index is 1240. The predicted molar refractivity (Wildman–Crippen MR) is 136 cm³/mol. The van der Waals surface area contributed by atoms with E-state index >= 15 is 0 Å². The number of nitrogens with two attached hydrogens (primary N) is 1. The molecule has 0 atom stereocenters. The molecule has 35 heavy (non-hydrogen) atoms. The summed E-state index contributed by atoms with van der Waals surface area (Å²) in [5.41, 5.74) is 10.3. The fourth-order valence-corrected chi connectivity index (χ4v) is 4.94. The van der Waals surface area contributed by atoms with Gasteiger partial charge in [-0.1, -0.05) is 48.0 Å². The molecular weight excluding hydrogens is 466 g/mol.